The van der Waals surface area contributed by atoms with Crippen LogP contribution in [0, 0.1) is 0 Å². The second-order valence-electron chi connectivity index (χ2n) is 8.09. The Bertz CT molecular complexity index is 1080. The van der Waals surface area contributed by atoms with E-state index in [0.29, 0.717) is 29.3 Å². The largest absolute Gasteiger partial charge is 0.494 e. The lowest BCUT2D eigenvalue weighted by Crippen LogP contribution is -2.36. The van der Waals surface area contributed by atoms with Crippen molar-refractivity contribution in [2.45, 2.75) is 45.8 Å². The smallest absolute Gasteiger partial charge is 0.420 e. The summed E-state index contributed by atoms with van der Waals surface area (Å²) in [6.45, 7) is 7.20. The van der Waals surface area contributed by atoms with Crippen molar-refractivity contribution in [2.75, 3.05) is 18.1 Å². The van der Waals surface area contributed by atoms with Crippen molar-refractivity contribution in [2.24, 2.45) is 0 Å². The van der Waals surface area contributed by atoms with Gasteiger partial charge in [0.2, 0.25) is 0 Å². The van der Waals surface area contributed by atoms with Crippen LogP contribution in [0.5, 0.6) is 5.75 Å². The van der Waals surface area contributed by atoms with E-state index in [0.717, 1.165) is 0 Å². The topological polar surface area (TPSA) is 109 Å². The Morgan fingerprint density at radius 1 is 1.25 bits per heavy atom. The number of rotatable bonds is 7. The molecule has 0 bridgehead atoms. The van der Waals surface area contributed by atoms with Gasteiger partial charge in [-0.25, -0.2) is 14.7 Å². The maximum atomic E-state index is 13.4. The zero-order chi connectivity index (χ0) is 23.5. The second-order valence-corrected chi connectivity index (χ2v) is 8.45. The molecule has 0 saturated carbocycles. The molecule has 2 N–H and O–H groups in total. The van der Waals surface area contributed by atoms with Gasteiger partial charge >= 0.3 is 6.09 Å². The summed E-state index contributed by atoms with van der Waals surface area (Å²) < 4.78 is 12.6. The molecule has 3 rings (SSSR count). The van der Waals surface area contributed by atoms with E-state index in [1.165, 1.54) is 15.6 Å². The summed E-state index contributed by atoms with van der Waals surface area (Å²) in [4.78, 5) is 19.0. The molecule has 9 nitrogen and oxygen atoms in total. The minimum atomic E-state index is -1.11. The average molecular weight is 463 g/mol. The van der Waals surface area contributed by atoms with Crippen LogP contribution in [-0.4, -0.2) is 55.8 Å². The van der Waals surface area contributed by atoms with Crippen LogP contribution in [0.25, 0.3) is 5.65 Å². The highest BCUT2D eigenvalue weighted by Gasteiger charge is 2.31. The van der Waals surface area contributed by atoms with E-state index >= 15 is 0 Å². The van der Waals surface area contributed by atoms with Gasteiger partial charge in [-0.05, 0) is 52.0 Å². The van der Waals surface area contributed by atoms with Crippen molar-refractivity contribution in [3.63, 3.8) is 0 Å². The van der Waals surface area contributed by atoms with Crippen molar-refractivity contribution < 1.29 is 24.5 Å². The first-order valence-electron chi connectivity index (χ1n) is 10.2. The Balaban J connectivity index is 2.24. The molecule has 172 valence electrons. The number of aliphatic hydroxyl groups is 2. The second kappa shape index (κ2) is 9.72. The van der Waals surface area contributed by atoms with Crippen molar-refractivity contribution >= 4 is 34.8 Å². The predicted octanol–water partition coefficient (Wildman–Crippen LogP) is 3.75. The fourth-order valence-corrected chi connectivity index (χ4v) is 3.37. The SMILES string of the molecule is CCOc1ccc(N(C(=O)OC(C)(C)C)c2c(CC(O)CO)c(Cl)nc3ccnn23)cc1. The van der Waals surface area contributed by atoms with Gasteiger partial charge in [-0.3, -0.25) is 0 Å². The number of hydrogen-bond acceptors (Lipinski definition) is 7. The van der Waals surface area contributed by atoms with E-state index in [-0.39, 0.29) is 17.4 Å². The molecule has 0 saturated heterocycles. The van der Waals surface area contributed by atoms with Crippen LogP contribution in [0.1, 0.15) is 33.3 Å². The molecule has 2 aromatic heterocycles. The highest BCUT2D eigenvalue weighted by Crippen LogP contribution is 2.35. The zero-order valence-electron chi connectivity index (χ0n) is 18.4. The van der Waals surface area contributed by atoms with Crippen molar-refractivity contribution in [1.29, 1.82) is 0 Å². The highest BCUT2D eigenvalue weighted by molar-refractivity contribution is 6.30. The van der Waals surface area contributed by atoms with Crippen LogP contribution >= 0.6 is 11.6 Å². The van der Waals surface area contributed by atoms with Gasteiger partial charge in [0.15, 0.2) is 11.5 Å². The Labute approximate surface area is 191 Å². The molecule has 0 aliphatic carbocycles. The molecular weight excluding hydrogens is 436 g/mol. The van der Waals surface area contributed by atoms with Gasteiger partial charge in [0, 0.05) is 18.1 Å². The van der Waals surface area contributed by atoms with Gasteiger partial charge in [0.25, 0.3) is 0 Å². The molecular formula is C22H27ClN4O5. The number of carbonyl (C=O) groups excluding carboxylic acids is 1. The number of nitrogens with zero attached hydrogens (tertiary/aromatic N) is 4. The zero-order valence-corrected chi connectivity index (χ0v) is 19.2. The third-order valence-corrected chi connectivity index (χ3v) is 4.71. The minimum Gasteiger partial charge on any atom is -0.494 e. The van der Waals surface area contributed by atoms with Crippen LogP contribution in [0.3, 0.4) is 0 Å². The van der Waals surface area contributed by atoms with Crippen LogP contribution in [0.4, 0.5) is 16.3 Å². The molecule has 1 atom stereocenters. The standard InChI is InChI=1S/C22H27ClN4O5/c1-5-31-16-8-6-14(7-9-16)26(21(30)32-22(2,3)4)20-17(12-15(29)13-28)19(23)25-18-10-11-24-27(18)20/h6-11,15,28-29H,5,12-13H2,1-4H3. The van der Waals surface area contributed by atoms with Crippen LogP contribution < -0.4 is 9.64 Å². The fourth-order valence-electron chi connectivity index (χ4n) is 3.12. The van der Waals surface area contributed by atoms with Gasteiger partial charge in [0.05, 0.1) is 31.2 Å². The first kappa shape index (κ1) is 23.8. The molecule has 1 amide bonds. The highest BCUT2D eigenvalue weighted by atomic mass is 35.5. The normalized spacial score (nSPS) is 12.6. The summed E-state index contributed by atoms with van der Waals surface area (Å²) in [5.74, 6) is 0.907. The number of benzene rings is 1. The fraction of sp³-hybridized carbons (Fsp3) is 0.409. The molecule has 0 radical (unpaired) electrons. The lowest BCUT2D eigenvalue weighted by molar-refractivity contribution is 0.0596. The molecule has 0 aliphatic rings. The molecule has 32 heavy (non-hydrogen) atoms. The Morgan fingerprint density at radius 3 is 2.53 bits per heavy atom. The number of anilines is 2. The number of amides is 1. The van der Waals surface area contributed by atoms with Crippen molar-refractivity contribution in [1.82, 2.24) is 14.6 Å². The van der Waals surface area contributed by atoms with E-state index in [4.69, 9.17) is 21.1 Å². The third-order valence-electron chi connectivity index (χ3n) is 4.40. The molecule has 0 spiro atoms. The minimum absolute atomic E-state index is 0.0518. The summed E-state index contributed by atoms with van der Waals surface area (Å²) in [6, 6.07) is 8.55. The molecule has 0 aliphatic heterocycles. The molecule has 2 heterocycles. The summed E-state index contributed by atoms with van der Waals surface area (Å²) in [6.07, 6.45) is -0.300. The van der Waals surface area contributed by atoms with E-state index < -0.39 is 24.4 Å². The van der Waals surface area contributed by atoms with E-state index in [2.05, 4.69) is 10.1 Å². The number of ether oxygens (including phenoxy) is 2. The third kappa shape index (κ3) is 5.29. The molecule has 0 fully saturated rings. The van der Waals surface area contributed by atoms with Crippen LogP contribution in [0.15, 0.2) is 36.5 Å². The lowest BCUT2D eigenvalue weighted by Gasteiger charge is -2.29. The van der Waals surface area contributed by atoms with Gasteiger partial charge in [-0.15, -0.1) is 0 Å². The van der Waals surface area contributed by atoms with Crippen LogP contribution in [0.2, 0.25) is 5.15 Å². The Kier molecular flexibility index (Phi) is 7.22. The average Bonchev–Trinajstić information content (AvgIpc) is 3.18. The van der Waals surface area contributed by atoms with E-state index in [9.17, 15) is 15.0 Å². The first-order chi connectivity index (χ1) is 15.1. The predicted molar refractivity (Wildman–Crippen MR) is 121 cm³/mol. The molecule has 1 aromatic carbocycles. The molecule has 3 aromatic rings. The first-order valence-corrected chi connectivity index (χ1v) is 10.6. The van der Waals surface area contributed by atoms with Gasteiger partial charge in [-0.1, -0.05) is 11.6 Å². The Hall–Kier alpha value is -2.88. The van der Waals surface area contributed by atoms with E-state index in [1.807, 2.05) is 6.92 Å². The van der Waals surface area contributed by atoms with Crippen molar-refractivity contribution in [3.05, 3.63) is 47.2 Å². The summed E-state index contributed by atoms with van der Waals surface area (Å²) in [5.41, 5.74) is 0.447. The number of carbonyl (C=O) groups is 1. The molecule has 1 unspecified atom stereocenters. The van der Waals surface area contributed by atoms with Gasteiger partial charge in [0.1, 0.15) is 16.5 Å². The maximum absolute atomic E-state index is 13.4. The number of aliphatic hydroxyl groups excluding tert-OH is 2. The van der Waals surface area contributed by atoms with Crippen LogP contribution in [-0.2, 0) is 11.2 Å². The quantitative estimate of drug-likeness (QED) is 0.514. The monoisotopic (exact) mass is 462 g/mol. The summed E-state index contributed by atoms with van der Waals surface area (Å²) in [7, 11) is 0. The summed E-state index contributed by atoms with van der Waals surface area (Å²) >= 11 is 6.46. The number of hydrogen-bond donors (Lipinski definition) is 2. The lowest BCUT2D eigenvalue weighted by atomic mass is 10.1. The summed E-state index contributed by atoms with van der Waals surface area (Å²) in [5, 5.41) is 23.9. The van der Waals surface area contributed by atoms with Gasteiger partial charge < -0.3 is 19.7 Å². The number of halogens is 1. The maximum Gasteiger partial charge on any atom is 0.420 e. The van der Waals surface area contributed by atoms with Crippen molar-refractivity contribution in [3.8, 4) is 5.75 Å². The Morgan fingerprint density at radius 2 is 1.94 bits per heavy atom. The number of fused-ring (bicyclic) bond motifs is 1. The van der Waals surface area contributed by atoms with Gasteiger partial charge in [-0.2, -0.15) is 9.61 Å². The number of aromatic nitrogens is 3. The van der Waals surface area contributed by atoms with E-state index in [1.54, 1.807) is 51.1 Å². The molecule has 10 heteroatoms.